The fourth-order valence-electron chi connectivity index (χ4n) is 2.93. The van der Waals surface area contributed by atoms with Crippen molar-refractivity contribution >= 4 is 22.7 Å². The number of hydrogen-bond acceptors (Lipinski definition) is 4. The number of thioether (sulfide) groups is 1. The summed E-state index contributed by atoms with van der Waals surface area (Å²) in [5, 5.41) is 1.05. The van der Waals surface area contributed by atoms with Crippen LogP contribution >= 0.6 is 11.8 Å². The van der Waals surface area contributed by atoms with Crippen molar-refractivity contribution in [2.24, 2.45) is 0 Å². The highest BCUT2D eigenvalue weighted by Crippen LogP contribution is 2.26. The first-order valence-corrected chi connectivity index (χ1v) is 9.68. The molecule has 140 valence electrons. The molecule has 0 bridgehead atoms. The van der Waals surface area contributed by atoms with E-state index in [1.165, 1.54) is 17.8 Å². The highest BCUT2D eigenvalue weighted by Gasteiger charge is 2.14. The SMILES string of the molecule is COc1ccc(-n2c(SCc3ccccc3F)nc3ccccc3c2=O)cc1. The van der Waals surface area contributed by atoms with Gasteiger partial charge in [0.1, 0.15) is 11.6 Å². The van der Waals surface area contributed by atoms with Crippen molar-refractivity contribution in [1.82, 2.24) is 9.55 Å². The maximum Gasteiger partial charge on any atom is 0.266 e. The summed E-state index contributed by atoms with van der Waals surface area (Å²) >= 11 is 1.33. The van der Waals surface area contributed by atoms with Crippen LogP contribution in [0.5, 0.6) is 5.75 Å². The Kier molecular flexibility index (Phi) is 5.12. The zero-order valence-electron chi connectivity index (χ0n) is 15.1. The van der Waals surface area contributed by atoms with E-state index in [1.54, 1.807) is 48.1 Å². The lowest BCUT2D eigenvalue weighted by Crippen LogP contribution is -2.21. The molecule has 0 saturated heterocycles. The lowest BCUT2D eigenvalue weighted by atomic mass is 10.2. The molecule has 0 aliphatic rings. The molecule has 1 aromatic heterocycles. The van der Waals surface area contributed by atoms with Crippen molar-refractivity contribution in [2.75, 3.05) is 7.11 Å². The number of para-hydroxylation sites is 1. The van der Waals surface area contributed by atoms with Crippen LogP contribution in [-0.4, -0.2) is 16.7 Å². The predicted octanol–water partition coefficient (Wildman–Crippen LogP) is 4.83. The quantitative estimate of drug-likeness (QED) is 0.361. The molecule has 0 atom stereocenters. The largest absolute Gasteiger partial charge is 0.497 e. The van der Waals surface area contributed by atoms with Gasteiger partial charge in [0.25, 0.3) is 5.56 Å². The number of benzene rings is 3. The number of hydrogen-bond donors (Lipinski definition) is 0. The van der Waals surface area contributed by atoms with Gasteiger partial charge in [-0.15, -0.1) is 0 Å². The third-order valence-corrected chi connectivity index (χ3v) is 5.38. The van der Waals surface area contributed by atoms with E-state index in [-0.39, 0.29) is 11.4 Å². The van der Waals surface area contributed by atoms with Gasteiger partial charge < -0.3 is 4.74 Å². The van der Waals surface area contributed by atoms with Crippen LogP contribution in [0, 0.1) is 5.82 Å². The van der Waals surface area contributed by atoms with Gasteiger partial charge in [0.2, 0.25) is 0 Å². The van der Waals surface area contributed by atoms with E-state index in [0.717, 1.165) is 0 Å². The van der Waals surface area contributed by atoms with Crippen LogP contribution in [0.1, 0.15) is 5.56 Å². The first kappa shape index (κ1) is 18.3. The molecule has 0 N–H and O–H groups in total. The summed E-state index contributed by atoms with van der Waals surface area (Å²) < 4.78 is 20.8. The maximum absolute atomic E-state index is 14.0. The fourth-order valence-corrected chi connectivity index (χ4v) is 3.92. The van der Waals surface area contributed by atoms with Gasteiger partial charge >= 0.3 is 0 Å². The van der Waals surface area contributed by atoms with E-state index >= 15 is 0 Å². The molecule has 1 heterocycles. The molecular formula is C22H17FN2O2S. The van der Waals surface area contributed by atoms with Crippen molar-refractivity contribution < 1.29 is 9.13 Å². The number of fused-ring (bicyclic) bond motifs is 1. The minimum Gasteiger partial charge on any atom is -0.497 e. The highest BCUT2D eigenvalue weighted by atomic mass is 32.2. The lowest BCUT2D eigenvalue weighted by Gasteiger charge is -2.14. The summed E-state index contributed by atoms with van der Waals surface area (Å²) in [7, 11) is 1.59. The number of nitrogens with zero attached hydrogens (tertiary/aromatic N) is 2. The standard InChI is InChI=1S/C22H17FN2O2S/c1-27-17-12-10-16(11-13-17)25-21(26)18-7-3-5-9-20(18)24-22(25)28-14-15-6-2-4-8-19(15)23/h2-13H,14H2,1H3. The Morgan fingerprint density at radius 3 is 2.46 bits per heavy atom. The Morgan fingerprint density at radius 2 is 1.71 bits per heavy atom. The molecule has 3 aromatic carbocycles. The predicted molar refractivity (Wildman–Crippen MR) is 110 cm³/mol. The molecule has 4 aromatic rings. The summed E-state index contributed by atoms with van der Waals surface area (Å²) in [6.45, 7) is 0. The van der Waals surface area contributed by atoms with Crippen LogP contribution in [0.2, 0.25) is 0 Å². The number of rotatable bonds is 5. The second-order valence-corrected chi connectivity index (χ2v) is 7.07. The molecule has 4 nitrogen and oxygen atoms in total. The second kappa shape index (κ2) is 7.86. The van der Waals surface area contributed by atoms with Gasteiger partial charge in [-0.25, -0.2) is 9.37 Å². The Hall–Kier alpha value is -3.12. The normalized spacial score (nSPS) is 10.9. The van der Waals surface area contributed by atoms with E-state index in [2.05, 4.69) is 4.98 Å². The average Bonchev–Trinajstić information content (AvgIpc) is 2.73. The van der Waals surface area contributed by atoms with E-state index in [9.17, 15) is 9.18 Å². The maximum atomic E-state index is 14.0. The number of halogens is 1. The van der Waals surface area contributed by atoms with E-state index in [4.69, 9.17) is 4.74 Å². The molecule has 0 fully saturated rings. The minimum absolute atomic E-state index is 0.160. The van der Waals surface area contributed by atoms with Crippen molar-refractivity contribution in [3.63, 3.8) is 0 Å². The lowest BCUT2D eigenvalue weighted by molar-refractivity contribution is 0.414. The smallest absolute Gasteiger partial charge is 0.266 e. The molecule has 0 unspecified atom stereocenters. The topological polar surface area (TPSA) is 44.1 Å². The van der Waals surface area contributed by atoms with Crippen LogP contribution in [0.3, 0.4) is 0 Å². The molecule has 0 aliphatic carbocycles. The average molecular weight is 392 g/mol. The Balaban J connectivity index is 1.83. The number of aromatic nitrogens is 2. The molecular weight excluding hydrogens is 375 g/mol. The van der Waals surface area contributed by atoms with E-state index < -0.39 is 0 Å². The Morgan fingerprint density at radius 1 is 1.00 bits per heavy atom. The molecule has 0 saturated carbocycles. The van der Waals surface area contributed by atoms with Gasteiger partial charge in [0.15, 0.2) is 5.16 Å². The summed E-state index contributed by atoms with van der Waals surface area (Å²) in [6, 6.07) is 21.1. The van der Waals surface area contributed by atoms with E-state index in [1.807, 2.05) is 30.3 Å². The minimum atomic E-state index is -0.269. The van der Waals surface area contributed by atoms with Gasteiger partial charge in [0.05, 0.1) is 23.7 Å². The van der Waals surface area contributed by atoms with E-state index in [0.29, 0.717) is 38.8 Å². The molecule has 0 aliphatic heterocycles. The van der Waals surface area contributed by atoms with Gasteiger partial charge in [-0.1, -0.05) is 42.1 Å². The van der Waals surface area contributed by atoms with Crippen molar-refractivity contribution in [1.29, 1.82) is 0 Å². The first-order valence-electron chi connectivity index (χ1n) is 8.70. The van der Waals surface area contributed by atoms with Gasteiger partial charge in [-0.05, 0) is 48.0 Å². The summed E-state index contributed by atoms with van der Waals surface area (Å²) in [5.74, 6) is 0.799. The number of methoxy groups -OCH3 is 1. The monoisotopic (exact) mass is 392 g/mol. The van der Waals surface area contributed by atoms with Gasteiger partial charge in [0, 0.05) is 5.75 Å². The molecule has 0 radical (unpaired) electrons. The highest BCUT2D eigenvalue weighted by molar-refractivity contribution is 7.98. The Bertz CT molecular complexity index is 1190. The molecule has 0 spiro atoms. The van der Waals surface area contributed by atoms with Crippen LogP contribution in [-0.2, 0) is 5.75 Å². The summed E-state index contributed by atoms with van der Waals surface area (Å²) in [4.78, 5) is 17.9. The molecule has 6 heteroatoms. The second-order valence-electron chi connectivity index (χ2n) is 6.13. The third kappa shape index (κ3) is 3.51. The van der Waals surface area contributed by atoms with Gasteiger partial charge in [-0.2, -0.15) is 0 Å². The van der Waals surface area contributed by atoms with Crippen molar-refractivity contribution in [3.05, 3.63) is 94.5 Å². The van der Waals surface area contributed by atoms with Crippen LogP contribution < -0.4 is 10.3 Å². The molecule has 0 amide bonds. The van der Waals surface area contributed by atoms with Gasteiger partial charge in [-0.3, -0.25) is 9.36 Å². The third-order valence-electron chi connectivity index (χ3n) is 4.39. The fraction of sp³-hybridized carbons (Fsp3) is 0.0909. The summed E-state index contributed by atoms with van der Waals surface area (Å²) in [6.07, 6.45) is 0. The van der Waals surface area contributed by atoms with Crippen molar-refractivity contribution in [3.8, 4) is 11.4 Å². The van der Waals surface area contributed by atoms with Crippen LogP contribution in [0.15, 0.2) is 82.7 Å². The first-order chi connectivity index (χ1) is 13.7. The number of ether oxygens (including phenoxy) is 1. The van der Waals surface area contributed by atoms with Crippen molar-refractivity contribution in [2.45, 2.75) is 10.9 Å². The zero-order valence-corrected chi connectivity index (χ0v) is 15.9. The summed E-state index contributed by atoms with van der Waals surface area (Å²) in [5.41, 5.74) is 1.70. The molecule has 28 heavy (non-hydrogen) atoms. The van der Waals surface area contributed by atoms with Crippen LogP contribution in [0.25, 0.3) is 16.6 Å². The Labute approximate surface area is 165 Å². The molecule has 4 rings (SSSR count). The van der Waals surface area contributed by atoms with Crippen LogP contribution in [0.4, 0.5) is 4.39 Å². The zero-order chi connectivity index (χ0) is 19.5.